The molecule has 3 aromatic rings. The smallest absolute Gasteiger partial charge is 0.251 e. The monoisotopic (exact) mass is 283 g/mol. The second-order valence-corrected chi connectivity index (χ2v) is 4.87. The lowest BCUT2D eigenvalue weighted by atomic mass is 10.2. The number of aromatic nitrogens is 2. The number of benzene rings is 1. The average Bonchev–Trinajstić information content (AvgIpc) is 2.85. The molecule has 5 heteroatoms. The minimum absolute atomic E-state index is 0.178. The summed E-state index contributed by atoms with van der Waals surface area (Å²) >= 11 is 0. The van der Waals surface area contributed by atoms with Crippen LogP contribution in [0, 0.1) is 12.7 Å². The van der Waals surface area contributed by atoms with E-state index in [9.17, 15) is 9.18 Å². The van der Waals surface area contributed by atoms with Crippen LogP contribution in [0.25, 0.3) is 5.65 Å². The zero-order chi connectivity index (χ0) is 14.8. The summed E-state index contributed by atoms with van der Waals surface area (Å²) in [4.78, 5) is 16.4. The average molecular weight is 283 g/mol. The molecule has 0 aliphatic rings. The van der Waals surface area contributed by atoms with Gasteiger partial charge in [-0.1, -0.05) is 12.1 Å². The molecule has 0 aliphatic heterocycles. The van der Waals surface area contributed by atoms with E-state index in [0.29, 0.717) is 12.1 Å². The molecule has 1 N–H and O–H groups in total. The van der Waals surface area contributed by atoms with Crippen LogP contribution in [0.2, 0.25) is 0 Å². The predicted molar refractivity (Wildman–Crippen MR) is 77.5 cm³/mol. The van der Waals surface area contributed by atoms with E-state index in [4.69, 9.17) is 0 Å². The molecule has 1 amide bonds. The Labute approximate surface area is 121 Å². The van der Waals surface area contributed by atoms with Crippen molar-refractivity contribution in [3.8, 4) is 0 Å². The van der Waals surface area contributed by atoms with E-state index in [1.165, 1.54) is 12.1 Å². The Hall–Kier alpha value is -2.69. The van der Waals surface area contributed by atoms with Crippen LogP contribution in [0.15, 0.2) is 48.8 Å². The molecule has 0 unspecified atom stereocenters. The van der Waals surface area contributed by atoms with E-state index in [1.807, 2.05) is 23.7 Å². The lowest BCUT2D eigenvalue weighted by molar-refractivity contribution is 0.0951. The van der Waals surface area contributed by atoms with Gasteiger partial charge in [0, 0.05) is 24.5 Å². The molecule has 2 heterocycles. The van der Waals surface area contributed by atoms with E-state index >= 15 is 0 Å². The Bertz CT molecular complexity index is 793. The van der Waals surface area contributed by atoms with Crippen LogP contribution >= 0.6 is 0 Å². The number of pyridine rings is 1. The van der Waals surface area contributed by atoms with E-state index < -0.39 is 0 Å². The molecular weight excluding hydrogens is 269 g/mol. The number of hydrogen-bond donors (Lipinski definition) is 1. The third-order valence-corrected chi connectivity index (χ3v) is 3.21. The maximum atomic E-state index is 12.8. The van der Waals surface area contributed by atoms with E-state index in [1.54, 1.807) is 24.3 Å². The molecule has 1 aromatic carbocycles. The van der Waals surface area contributed by atoms with Gasteiger partial charge in [0.05, 0.1) is 5.69 Å². The van der Waals surface area contributed by atoms with Gasteiger partial charge in [0.2, 0.25) is 0 Å². The Morgan fingerprint density at radius 2 is 2.05 bits per heavy atom. The van der Waals surface area contributed by atoms with Gasteiger partial charge in [0.15, 0.2) is 0 Å². The first-order valence-corrected chi connectivity index (χ1v) is 6.60. The number of nitrogens with one attached hydrogen (secondary N) is 1. The maximum absolute atomic E-state index is 12.8. The van der Waals surface area contributed by atoms with Crippen LogP contribution in [-0.2, 0) is 6.54 Å². The molecule has 0 aliphatic carbocycles. The van der Waals surface area contributed by atoms with Gasteiger partial charge in [-0.15, -0.1) is 0 Å². The van der Waals surface area contributed by atoms with Crippen LogP contribution in [0.3, 0.4) is 0 Å². The van der Waals surface area contributed by atoms with Crippen molar-refractivity contribution < 1.29 is 9.18 Å². The van der Waals surface area contributed by atoms with Gasteiger partial charge in [-0.3, -0.25) is 4.79 Å². The molecule has 0 fully saturated rings. The SMILES string of the molecule is Cc1cn2ccc(C(=O)NCc3ccc(F)cc3)cc2n1. The molecule has 4 nitrogen and oxygen atoms in total. The Balaban J connectivity index is 1.72. The van der Waals surface area contributed by atoms with Crippen LogP contribution in [0.1, 0.15) is 21.6 Å². The maximum Gasteiger partial charge on any atom is 0.251 e. The summed E-state index contributed by atoms with van der Waals surface area (Å²) in [6, 6.07) is 9.54. The zero-order valence-electron chi connectivity index (χ0n) is 11.5. The number of carbonyl (C=O) groups is 1. The largest absolute Gasteiger partial charge is 0.348 e. The Morgan fingerprint density at radius 3 is 2.81 bits per heavy atom. The van der Waals surface area contributed by atoms with Crippen molar-refractivity contribution in [2.24, 2.45) is 0 Å². The lowest BCUT2D eigenvalue weighted by Gasteiger charge is -2.06. The Morgan fingerprint density at radius 1 is 1.29 bits per heavy atom. The van der Waals surface area contributed by atoms with Crippen molar-refractivity contribution in [3.05, 3.63) is 71.4 Å². The fourth-order valence-corrected chi connectivity index (χ4v) is 2.14. The van der Waals surface area contributed by atoms with Crippen molar-refractivity contribution in [2.45, 2.75) is 13.5 Å². The minimum Gasteiger partial charge on any atom is -0.348 e. The molecule has 21 heavy (non-hydrogen) atoms. The molecule has 0 bridgehead atoms. The number of imidazole rings is 1. The molecular formula is C16H14FN3O. The van der Waals surface area contributed by atoms with Gasteiger partial charge < -0.3 is 9.72 Å². The summed E-state index contributed by atoms with van der Waals surface area (Å²) < 4.78 is 14.7. The number of amides is 1. The molecule has 0 radical (unpaired) electrons. The third-order valence-electron chi connectivity index (χ3n) is 3.21. The summed E-state index contributed by atoms with van der Waals surface area (Å²) in [6.45, 7) is 2.26. The first kappa shape index (κ1) is 13.3. The van der Waals surface area contributed by atoms with Gasteiger partial charge in [-0.25, -0.2) is 9.37 Å². The van der Waals surface area contributed by atoms with Crippen molar-refractivity contribution in [1.82, 2.24) is 14.7 Å². The van der Waals surface area contributed by atoms with Crippen LogP contribution < -0.4 is 5.32 Å². The minimum atomic E-state index is -0.287. The van der Waals surface area contributed by atoms with Crippen LogP contribution in [0.4, 0.5) is 4.39 Å². The van der Waals surface area contributed by atoms with E-state index in [0.717, 1.165) is 16.9 Å². The predicted octanol–water partition coefficient (Wildman–Crippen LogP) is 2.71. The van der Waals surface area contributed by atoms with Crippen LogP contribution in [0.5, 0.6) is 0 Å². The van der Waals surface area contributed by atoms with Gasteiger partial charge in [0.1, 0.15) is 11.5 Å². The first-order chi connectivity index (χ1) is 10.1. The van der Waals surface area contributed by atoms with Crippen molar-refractivity contribution in [1.29, 1.82) is 0 Å². The molecule has 0 saturated heterocycles. The highest BCUT2D eigenvalue weighted by atomic mass is 19.1. The highest BCUT2D eigenvalue weighted by Gasteiger charge is 2.07. The van der Waals surface area contributed by atoms with Gasteiger partial charge in [-0.2, -0.15) is 0 Å². The highest BCUT2D eigenvalue weighted by Crippen LogP contribution is 2.08. The van der Waals surface area contributed by atoms with Gasteiger partial charge in [-0.05, 0) is 36.8 Å². The fraction of sp³-hybridized carbons (Fsp3) is 0.125. The quantitative estimate of drug-likeness (QED) is 0.803. The summed E-state index contributed by atoms with van der Waals surface area (Å²) in [5.41, 5.74) is 3.04. The number of aryl methyl sites for hydroxylation is 1. The molecule has 0 spiro atoms. The number of hydrogen-bond acceptors (Lipinski definition) is 2. The van der Waals surface area contributed by atoms with Crippen LogP contribution in [-0.4, -0.2) is 15.3 Å². The highest BCUT2D eigenvalue weighted by molar-refractivity contribution is 5.94. The van der Waals surface area contributed by atoms with Crippen molar-refractivity contribution in [3.63, 3.8) is 0 Å². The summed E-state index contributed by atoms with van der Waals surface area (Å²) in [5, 5.41) is 2.81. The molecule has 3 rings (SSSR count). The fourth-order valence-electron chi connectivity index (χ4n) is 2.14. The second kappa shape index (κ2) is 5.36. The normalized spacial score (nSPS) is 10.8. The zero-order valence-corrected chi connectivity index (χ0v) is 11.5. The molecule has 0 atom stereocenters. The van der Waals surface area contributed by atoms with Crippen molar-refractivity contribution >= 4 is 11.6 Å². The molecule has 106 valence electrons. The number of fused-ring (bicyclic) bond motifs is 1. The number of rotatable bonds is 3. The number of carbonyl (C=O) groups excluding carboxylic acids is 1. The standard InChI is InChI=1S/C16H14FN3O/c1-11-10-20-7-6-13(8-15(20)19-11)16(21)18-9-12-2-4-14(17)5-3-12/h2-8,10H,9H2,1H3,(H,18,21). The summed E-state index contributed by atoms with van der Waals surface area (Å²) in [5.74, 6) is -0.465. The summed E-state index contributed by atoms with van der Waals surface area (Å²) in [7, 11) is 0. The lowest BCUT2D eigenvalue weighted by Crippen LogP contribution is -2.22. The van der Waals surface area contributed by atoms with E-state index in [-0.39, 0.29) is 11.7 Å². The number of nitrogens with zero attached hydrogens (tertiary/aromatic N) is 2. The summed E-state index contributed by atoms with van der Waals surface area (Å²) in [6.07, 6.45) is 3.71. The van der Waals surface area contributed by atoms with Gasteiger partial charge >= 0.3 is 0 Å². The topological polar surface area (TPSA) is 46.4 Å². The van der Waals surface area contributed by atoms with Crippen molar-refractivity contribution in [2.75, 3.05) is 0 Å². The van der Waals surface area contributed by atoms with Gasteiger partial charge in [0.25, 0.3) is 5.91 Å². The first-order valence-electron chi connectivity index (χ1n) is 6.60. The second-order valence-electron chi connectivity index (χ2n) is 4.87. The molecule has 0 saturated carbocycles. The molecule has 2 aromatic heterocycles. The Kier molecular flexibility index (Phi) is 3.39. The van der Waals surface area contributed by atoms with E-state index in [2.05, 4.69) is 10.3 Å². The third kappa shape index (κ3) is 2.91. The number of halogens is 1.